The number of likely N-dealkylation sites (tertiary alicyclic amines) is 1. The van der Waals surface area contributed by atoms with Crippen LogP contribution in [0.3, 0.4) is 0 Å². The second-order valence-electron chi connectivity index (χ2n) is 4.59. The van der Waals surface area contributed by atoms with Crippen LogP contribution in [0.25, 0.3) is 0 Å². The number of carbonyl (C=O) groups excluding carboxylic acids is 2. The Balaban J connectivity index is 0.000000204. The molecule has 0 radical (unpaired) electrons. The molecule has 1 aromatic carbocycles. The van der Waals surface area contributed by atoms with Gasteiger partial charge in [0.05, 0.1) is 10.9 Å². The zero-order valence-corrected chi connectivity index (χ0v) is 12.6. The van der Waals surface area contributed by atoms with Crippen molar-refractivity contribution < 1.29 is 13.8 Å². The molecule has 0 saturated carbocycles. The van der Waals surface area contributed by atoms with E-state index in [9.17, 15) is 13.8 Å². The maximum absolute atomic E-state index is 11.0. The molecule has 0 aromatic heterocycles. The second-order valence-corrected chi connectivity index (χ2v) is 5.66. The summed E-state index contributed by atoms with van der Waals surface area (Å²) in [6.07, 6.45) is 1.80. The number of hydrogen-bond acceptors (Lipinski definition) is 3. The summed E-state index contributed by atoms with van der Waals surface area (Å²) in [5.74, 6) is 0.125. The first-order valence-corrected chi connectivity index (χ1v) is 7.63. The first kappa shape index (κ1) is 16.5. The lowest BCUT2D eigenvalue weighted by Crippen LogP contribution is -2.37. The average molecular weight is 296 g/mol. The molecule has 20 heavy (non-hydrogen) atoms. The van der Waals surface area contributed by atoms with Gasteiger partial charge >= 0.3 is 0 Å². The smallest absolute Gasteiger partial charge is 0.220 e. The molecule has 1 amide bonds. The molecular formula is C14H20N2O3S. The highest BCUT2D eigenvalue weighted by Gasteiger charge is 2.29. The maximum Gasteiger partial charge on any atom is 0.220 e. The summed E-state index contributed by atoms with van der Waals surface area (Å²) in [7, 11) is -1.33. The summed E-state index contributed by atoms with van der Waals surface area (Å²) in [6.45, 7) is 3.81. The van der Waals surface area contributed by atoms with E-state index in [4.69, 9.17) is 5.14 Å². The Bertz CT molecular complexity index is 470. The van der Waals surface area contributed by atoms with E-state index in [0.717, 1.165) is 19.4 Å². The third kappa shape index (κ3) is 4.86. The van der Waals surface area contributed by atoms with E-state index in [1.807, 2.05) is 6.07 Å². The van der Waals surface area contributed by atoms with Crippen molar-refractivity contribution in [2.75, 3.05) is 6.54 Å². The summed E-state index contributed by atoms with van der Waals surface area (Å²) in [4.78, 5) is 24.2. The van der Waals surface area contributed by atoms with Crippen molar-refractivity contribution in [3.63, 3.8) is 0 Å². The van der Waals surface area contributed by atoms with E-state index in [1.54, 1.807) is 36.1 Å². The highest BCUT2D eigenvalue weighted by Crippen LogP contribution is 2.17. The van der Waals surface area contributed by atoms with Gasteiger partial charge in [0.1, 0.15) is 11.0 Å². The van der Waals surface area contributed by atoms with Crippen molar-refractivity contribution in [3.05, 3.63) is 30.3 Å². The predicted molar refractivity (Wildman–Crippen MR) is 78.1 cm³/mol. The number of carbonyl (C=O) groups is 2. The molecule has 2 N–H and O–H groups in total. The molecule has 1 saturated heterocycles. The molecule has 0 bridgehead atoms. The number of benzene rings is 1. The van der Waals surface area contributed by atoms with Crippen molar-refractivity contribution in [2.45, 2.75) is 37.6 Å². The second kappa shape index (κ2) is 7.91. The fourth-order valence-corrected chi connectivity index (χ4v) is 2.55. The standard InChI is InChI=1S/C8H13NO2.C6H7NOS/c1-6(10)8-4-3-5-9(8)7(2)11;7-9(8)6-4-2-1-3-5-6/h8H,3-5H2,1-2H3;1-5H,7H2. The van der Waals surface area contributed by atoms with Crippen LogP contribution >= 0.6 is 0 Å². The molecule has 5 nitrogen and oxygen atoms in total. The Labute approximate surface area is 121 Å². The van der Waals surface area contributed by atoms with Gasteiger partial charge in [0.15, 0.2) is 5.78 Å². The molecule has 1 aliphatic heterocycles. The van der Waals surface area contributed by atoms with Gasteiger partial charge in [-0.2, -0.15) is 0 Å². The van der Waals surface area contributed by atoms with Crippen LogP contribution in [0.2, 0.25) is 0 Å². The Morgan fingerprint density at radius 2 is 1.85 bits per heavy atom. The van der Waals surface area contributed by atoms with Crippen molar-refractivity contribution in [3.8, 4) is 0 Å². The van der Waals surface area contributed by atoms with Crippen molar-refractivity contribution in [1.82, 2.24) is 4.90 Å². The normalized spacial score (nSPS) is 18.9. The third-order valence-corrected chi connectivity index (χ3v) is 3.84. The van der Waals surface area contributed by atoms with Crippen LogP contribution in [0, 0.1) is 0 Å². The first-order valence-electron chi connectivity index (χ1n) is 6.42. The van der Waals surface area contributed by atoms with E-state index >= 15 is 0 Å². The van der Waals surface area contributed by atoms with Gasteiger partial charge in [-0.25, -0.2) is 9.35 Å². The molecule has 1 fully saturated rings. The van der Waals surface area contributed by atoms with Crippen LogP contribution in [0.5, 0.6) is 0 Å². The van der Waals surface area contributed by atoms with Gasteiger partial charge in [-0.1, -0.05) is 18.2 Å². The van der Waals surface area contributed by atoms with Crippen molar-refractivity contribution in [2.24, 2.45) is 5.14 Å². The number of amides is 1. The number of Topliss-reactive ketones (excluding diaryl/α,β-unsaturated/α-hetero) is 1. The quantitative estimate of drug-likeness (QED) is 0.892. The average Bonchev–Trinajstić information content (AvgIpc) is 2.90. The molecule has 6 heteroatoms. The lowest BCUT2D eigenvalue weighted by Gasteiger charge is -2.20. The molecule has 110 valence electrons. The number of rotatable bonds is 2. The van der Waals surface area contributed by atoms with Gasteiger partial charge in [-0.15, -0.1) is 0 Å². The lowest BCUT2D eigenvalue weighted by atomic mass is 10.1. The van der Waals surface area contributed by atoms with Crippen LogP contribution < -0.4 is 5.14 Å². The number of nitrogens with two attached hydrogens (primary N) is 1. The van der Waals surface area contributed by atoms with Gasteiger partial charge in [0.2, 0.25) is 5.91 Å². The minimum atomic E-state index is -1.33. The molecule has 2 atom stereocenters. The summed E-state index contributed by atoms with van der Waals surface area (Å²) in [5, 5.41) is 5.09. The number of ketones is 1. The first-order chi connectivity index (χ1) is 9.43. The van der Waals surface area contributed by atoms with Crippen LogP contribution in [-0.2, 0) is 20.6 Å². The fraction of sp³-hybridized carbons (Fsp3) is 0.429. The SMILES string of the molecule is CC(=O)C1CCCN1C(C)=O.NS(=O)c1ccccc1. The summed E-state index contributed by atoms with van der Waals surface area (Å²) in [6, 6.07) is 8.80. The van der Waals surface area contributed by atoms with Crippen molar-refractivity contribution >= 4 is 22.7 Å². The van der Waals surface area contributed by atoms with Gasteiger partial charge in [0.25, 0.3) is 0 Å². The summed E-state index contributed by atoms with van der Waals surface area (Å²) >= 11 is 0. The van der Waals surface area contributed by atoms with Crippen LogP contribution in [0.4, 0.5) is 0 Å². The number of hydrogen-bond donors (Lipinski definition) is 1. The Morgan fingerprint density at radius 1 is 1.25 bits per heavy atom. The molecule has 1 heterocycles. The molecule has 2 rings (SSSR count). The van der Waals surface area contributed by atoms with E-state index in [-0.39, 0.29) is 17.7 Å². The molecule has 1 aromatic rings. The van der Waals surface area contributed by atoms with E-state index in [1.165, 1.54) is 6.92 Å². The molecule has 0 aliphatic carbocycles. The minimum absolute atomic E-state index is 0.0164. The monoisotopic (exact) mass is 296 g/mol. The van der Waals surface area contributed by atoms with Gasteiger partial charge in [-0.3, -0.25) is 9.59 Å². The highest BCUT2D eigenvalue weighted by molar-refractivity contribution is 7.82. The van der Waals surface area contributed by atoms with Crippen LogP contribution in [0.15, 0.2) is 35.2 Å². The highest BCUT2D eigenvalue weighted by atomic mass is 32.2. The molecule has 0 spiro atoms. The molecule has 1 aliphatic rings. The van der Waals surface area contributed by atoms with E-state index in [0.29, 0.717) is 4.90 Å². The van der Waals surface area contributed by atoms with Crippen LogP contribution in [0.1, 0.15) is 26.7 Å². The van der Waals surface area contributed by atoms with Gasteiger partial charge < -0.3 is 4.90 Å². The minimum Gasteiger partial charge on any atom is -0.333 e. The largest absolute Gasteiger partial charge is 0.333 e. The van der Waals surface area contributed by atoms with Gasteiger partial charge in [0, 0.05) is 13.5 Å². The Hall–Kier alpha value is -1.53. The maximum atomic E-state index is 11.0. The van der Waals surface area contributed by atoms with Gasteiger partial charge in [-0.05, 0) is 31.9 Å². The lowest BCUT2D eigenvalue weighted by molar-refractivity contribution is -0.135. The zero-order chi connectivity index (χ0) is 15.1. The Kier molecular flexibility index (Phi) is 6.54. The predicted octanol–water partition coefficient (Wildman–Crippen LogP) is 1.25. The zero-order valence-electron chi connectivity index (χ0n) is 11.7. The topological polar surface area (TPSA) is 80.5 Å². The fourth-order valence-electron chi connectivity index (χ4n) is 2.12. The van der Waals surface area contributed by atoms with E-state index in [2.05, 4.69) is 0 Å². The van der Waals surface area contributed by atoms with Crippen LogP contribution in [-0.4, -0.2) is 33.4 Å². The number of nitrogens with zero attached hydrogens (tertiary/aromatic N) is 1. The summed E-state index contributed by atoms with van der Waals surface area (Å²) < 4.78 is 10.5. The molecule has 2 unspecified atom stereocenters. The molecular weight excluding hydrogens is 276 g/mol. The van der Waals surface area contributed by atoms with Crippen molar-refractivity contribution in [1.29, 1.82) is 0 Å². The summed E-state index contributed by atoms with van der Waals surface area (Å²) in [5.41, 5.74) is 0. The third-order valence-electron chi connectivity index (χ3n) is 3.10. The Morgan fingerprint density at radius 3 is 2.20 bits per heavy atom. The van der Waals surface area contributed by atoms with E-state index < -0.39 is 11.0 Å².